The highest BCUT2D eigenvalue weighted by atomic mass is 16.5. The van der Waals surface area contributed by atoms with E-state index in [4.69, 9.17) is 4.74 Å². The second-order valence-electron chi connectivity index (χ2n) is 7.92. The number of pyridine rings is 1. The monoisotopic (exact) mass is 378 g/mol. The van der Waals surface area contributed by atoms with E-state index in [1.807, 2.05) is 42.5 Å². The molecular formula is C23H26N2O3. The summed E-state index contributed by atoms with van der Waals surface area (Å²) in [5.74, 6) is 0.615. The van der Waals surface area contributed by atoms with E-state index < -0.39 is 0 Å². The molecule has 0 unspecified atom stereocenters. The van der Waals surface area contributed by atoms with Crippen molar-refractivity contribution in [3.63, 3.8) is 0 Å². The van der Waals surface area contributed by atoms with Gasteiger partial charge in [0.25, 0.3) is 5.56 Å². The van der Waals surface area contributed by atoms with E-state index in [1.54, 1.807) is 13.2 Å². The summed E-state index contributed by atoms with van der Waals surface area (Å²) in [6, 6.07) is 15.1. The first-order valence-electron chi connectivity index (χ1n) is 9.37. The number of rotatable bonds is 5. The number of hydrogen-bond acceptors (Lipinski definition) is 3. The Bertz CT molecular complexity index is 1060. The van der Waals surface area contributed by atoms with Crippen LogP contribution in [0.25, 0.3) is 10.9 Å². The van der Waals surface area contributed by atoms with E-state index in [0.717, 1.165) is 27.9 Å². The van der Waals surface area contributed by atoms with Gasteiger partial charge < -0.3 is 15.0 Å². The van der Waals surface area contributed by atoms with Gasteiger partial charge in [-0.05, 0) is 47.7 Å². The number of H-pyrrole nitrogens is 1. The number of methoxy groups -OCH3 is 1. The van der Waals surface area contributed by atoms with Crippen LogP contribution in [-0.4, -0.2) is 18.0 Å². The lowest BCUT2D eigenvalue weighted by Crippen LogP contribution is -2.20. The molecule has 3 rings (SSSR count). The smallest absolute Gasteiger partial charge is 0.251 e. The summed E-state index contributed by atoms with van der Waals surface area (Å²) < 4.78 is 5.24. The molecule has 146 valence electrons. The fourth-order valence-corrected chi connectivity index (χ4v) is 3.25. The van der Waals surface area contributed by atoms with Crippen molar-refractivity contribution in [1.29, 1.82) is 0 Å². The molecule has 0 aliphatic rings. The normalized spacial score (nSPS) is 11.4. The molecule has 3 aromatic rings. The van der Waals surface area contributed by atoms with Crippen LogP contribution < -0.4 is 15.6 Å². The fourth-order valence-electron chi connectivity index (χ4n) is 3.25. The van der Waals surface area contributed by atoms with Gasteiger partial charge in [0.2, 0.25) is 5.91 Å². The van der Waals surface area contributed by atoms with E-state index in [0.29, 0.717) is 12.0 Å². The SMILES string of the molecule is COc1ccc2[nH]c(=O)c(CCC(=O)Nc3ccccc3C(C)(C)C)cc2c1. The Morgan fingerprint density at radius 1 is 1.11 bits per heavy atom. The van der Waals surface area contributed by atoms with Crippen LogP contribution in [0.2, 0.25) is 0 Å². The second-order valence-corrected chi connectivity index (χ2v) is 7.92. The van der Waals surface area contributed by atoms with Gasteiger partial charge in [0, 0.05) is 28.6 Å². The standard InChI is InChI=1S/C23H26N2O3/c1-23(2,3)18-7-5-6-8-20(18)24-21(26)12-9-15-13-16-14-17(28-4)10-11-19(16)25-22(15)27/h5-8,10-11,13-14H,9,12H2,1-4H3,(H,24,26)(H,25,27). The molecule has 0 saturated carbocycles. The van der Waals surface area contributed by atoms with Gasteiger partial charge in [-0.15, -0.1) is 0 Å². The maximum atomic E-state index is 12.5. The topological polar surface area (TPSA) is 71.2 Å². The number of amides is 1. The van der Waals surface area contributed by atoms with E-state index in [2.05, 4.69) is 31.1 Å². The Kier molecular flexibility index (Phi) is 5.54. The van der Waals surface area contributed by atoms with Crippen LogP contribution in [0.1, 0.15) is 38.3 Å². The van der Waals surface area contributed by atoms with Crippen LogP contribution in [0, 0.1) is 0 Å². The number of anilines is 1. The summed E-state index contributed by atoms with van der Waals surface area (Å²) in [6.45, 7) is 6.34. The quantitative estimate of drug-likeness (QED) is 0.691. The zero-order chi connectivity index (χ0) is 20.3. The molecule has 0 aliphatic heterocycles. The van der Waals surface area contributed by atoms with Crippen LogP contribution >= 0.6 is 0 Å². The van der Waals surface area contributed by atoms with Gasteiger partial charge in [-0.3, -0.25) is 9.59 Å². The number of carbonyl (C=O) groups excluding carboxylic acids is 1. The number of fused-ring (bicyclic) bond motifs is 1. The predicted octanol–water partition coefficient (Wildman–Crippen LogP) is 4.41. The number of ether oxygens (including phenoxy) is 1. The van der Waals surface area contributed by atoms with E-state index in [-0.39, 0.29) is 23.3 Å². The minimum Gasteiger partial charge on any atom is -0.497 e. The van der Waals surface area contributed by atoms with Crippen molar-refractivity contribution in [1.82, 2.24) is 4.98 Å². The minimum atomic E-state index is -0.166. The molecule has 2 aromatic carbocycles. The third-order valence-corrected chi connectivity index (χ3v) is 4.76. The number of para-hydroxylation sites is 1. The summed E-state index contributed by atoms with van der Waals surface area (Å²) in [4.78, 5) is 27.7. The molecule has 0 spiro atoms. The zero-order valence-electron chi connectivity index (χ0n) is 16.8. The molecule has 0 radical (unpaired) electrons. The number of hydrogen-bond donors (Lipinski definition) is 2. The Morgan fingerprint density at radius 2 is 1.86 bits per heavy atom. The summed E-state index contributed by atoms with van der Waals surface area (Å²) in [7, 11) is 1.60. The predicted molar refractivity (Wildman–Crippen MR) is 113 cm³/mol. The van der Waals surface area contributed by atoms with Crippen molar-refractivity contribution in [2.45, 2.75) is 39.0 Å². The van der Waals surface area contributed by atoms with Crippen LogP contribution in [0.15, 0.2) is 53.3 Å². The Balaban J connectivity index is 1.75. The summed E-state index contributed by atoms with van der Waals surface area (Å²) in [5, 5.41) is 3.87. The molecule has 0 aliphatic carbocycles. The van der Waals surface area contributed by atoms with Gasteiger partial charge in [0.05, 0.1) is 7.11 Å². The van der Waals surface area contributed by atoms with Gasteiger partial charge in [-0.1, -0.05) is 39.0 Å². The van der Waals surface area contributed by atoms with Crippen molar-refractivity contribution in [3.05, 3.63) is 70.0 Å². The molecule has 5 nitrogen and oxygen atoms in total. The van der Waals surface area contributed by atoms with Gasteiger partial charge in [-0.25, -0.2) is 0 Å². The van der Waals surface area contributed by atoms with E-state index in [9.17, 15) is 9.59 Å². The van der Waals surface area contributed by atoms with Crippen molar-refractivity contribution < 1.29 is 9.53 Å². The molecule has 2 N–H and O–H groups in total. The highest BCUT2D eigenvalue weighted by molar-refractivity contribution is 5.92. The average molecular weight is 378 g/mol. The Hall–Kier alpha value is -3.08. The van der Waals surface area contributed by atoms with Crippen molar-refractivity contribution >= 4 is 22.5 Å². The number of aromatic nitrogens is 1. The molecule has 0 saturated heterocycles. The van der Waals surface area contributed by atoms with E-state index >= 15 is 0 Å². The highest BCUT2D eigenvalue weighted by Crippen LogP contribution is 2.29. The van der Waals surface area contributed by atoms with E-state index in [1.165, 1.54) is 0 Å². The third kappa shape index (κ3) is 4.42. The molecule has 5 heteroatoms. The summed E-state index contributed by atoms with van der Waals surface area (Å²) in [6.07, 6.45) is 0.600. The molecular weight excluding hydrogens is 352 g/mol. The molecule has 1 aromatic heterocycles. The second kappa shape index (κ2) is 7.89. The summed E-state index contributed by atoms with van der Waals surface area (Å²) in [5.41, 5.74) is 2.99. The Morgan fingerprint density at radius 3 is 2.57 bits per heavy atom. The minimum absolute atomic E-state index is 0.0710. The first-order chi connectivity index (χ1) is 13.3. The number of nitrogens with one attached hydrogen (secondary N) is 2. The molecule has 0 bridgehead atoms. The van der Waals surface area contributed by atoms with Crippen molar-refractivity contribution in [2.75, 3.05) is 12.4 Å². The molecule has 0 fully saturated rings. The first-order valence-corrected chi connectivity index (χ1v) is 9.37. The number of carbonyl (C=O) groups is 1. The lowest BCUT2D eigenvalue weighted by Gasteiger charge is -2.23. The van der Waals surface area contributed by atoms with Crippen LogP contribution in [-0.2, 0) is 16.6 Å². The van der Waals surface area contributed by atoms with Gasteiger partial charge in [0.1, 0.15) is 5.75 Å². The van der Waals surface area contributed by atoms with Crippen molar-refractivity contribution in [2.24, 2.45) is 0 Å². The molecule has 1 amide bonds. The molecule has 28 heavy (non-hydrogen) atoms. The fraction of sp³-hybridized carbons (Fsp3) is 0.304. The van der Waals surface area contributed by atoms with Crippen LogP contribution in [0.5, 0.6) is 5.75 Å². The van der Waals surface area contributed by atoms with Gasteiger partial charge in [0.15, 0.2) is 0 Å². The number of aromatic amines is 1. The largest absolute Gasteiger partial charge is 0.497 e. The molecule has 1 heterocycles. The lowest BCUT2D eigenvalue weighted by molar-refractivity contribution is -0.116. The maximum Gasteiger partial charge on any atom is 0.251 e. The number of aryl methyl sites for hydroxylation is 1. The third-order valence-electron chi connectivity index (χ3n) is 4.76. The van der Waals surface area contributed by atoms with Crippen LogP contribution in [0.3, 0.4) is 0 Å². The van der Waals surface area contributed by atoms with Gasteiger partial charge >= 0.3 is 0 Å². The Labute approximate surface area is 164 Å². The van der Waals surface area contributed by atoms with Crippen molar-refractivity contribution in [3.8, 4) is 5.75 Å². The highest BCUT2D eigenvalue weighted by Gasteiger charge is 2.18. The van der Waals surface area contributed by atoms with Gasteiger partial charge in [-0.2, -0.15) is 0 Å². The first kappa shape index (κ1) is 19.7. The maximum absolute atomic E-state index is 12.5. The lowest BCUT2D eigenvalue weighted by atomic mass is 9.86. The van der Waals surface area contributed by atoms with Crippen LogP contribution in [0.4, 0.5) is 5.69 Å². The number of benzene rings is 2. The summed E-state index contributed by atoms with van der Waals surface area (Å²) >= 11 is 0. The average Bonchev–Trinajstić information content (AvgIpc) is 2.65. The molecule has 0 atom stereocenters. The zero-order valence-corrected chi connectivity index (χ0v) is 16.8.